The van der Waals surface area contributed by atoms with E-state index in [0.717, 1.165) is 16.0 Å². The Morgan fingerprint density at radius 2 is 1.71 bits per heavy atom. The van der Waals surface area contributed by atoms with Crippen molar-refractivity contribution in [2.45, 2.75) is 24.8 Å². The Hall–Kier alpha value is -3.47. The minimum atomic E-state index is -3.63. The summed E-state index contributed by atoms with van der Waals surface area (Å²) >= 11 is 1.41. The third kappa shape index (κ3) is 6.53. The highest BCUT2D eigenvalue weighted by molar-refractivity contribution is 7.89. The van der Waals surface area contributed by atoms with E-state index < -0.39 is 21.9 Å². The van der Waals surface area contributed by atoms with Crippen molar-refractivity contribution in [1.29, 1.82) is 0 Å². The lowest BCUT2D eigenvalue weighted by molar-refractivity contribution is -0.136. The fraction of sp³-hybridized carbons (Fsp3) is 0.167. The number of hydrogen-bond acceptors (Lipinski definition) is 6. The molecule has 0 unspecified atom stereocenters. The first-order valence-corrected chi connectivity index (χ1v) is 12.6. The maximum Gasteiger partial charge on any atom is 0.307 e. The number of hydrogen-bond donors (Lipinski definition) is 3. The molecule has 3 N–H and O–H groups in total. The second-order valence-corrected chi connectivity index (χ2v) is 10.5. The number of aliphatic carboxylic acids is 1. The van der Waals surface area contributed by atoms with Gasteiger partial charge in [-0.05, 0) is 54.3 Å². The van der Waals surface area contributed by atoms with Crippen molar-refractivity contribution < 1.29 is 23.1 Å². The number of nitrogens with zero attached hydrogens (tertiary/aromatic N) is 1. The van der Waals surface area contributed by atoms with E-state index in [4.69, 9.17) is 5.11 Å². The Balaban J connectivity index is 1.63. The molecule has 0 aliphatic heterocycles. The summed E-state index contributed by atoms with van der Waals surface area (Å²) in [4.78, 5) is 24.5. The fourth-order valence-electron chi connectivity index (χ4n) is 3.02. The first-order valence-electron chi connectivity index (χ1n) is 10.3. The summed E-state index contributed by atoms with van der Waals surface area (Å²) in [5, 5.41) is 10.8. The molecule has 0 fully saturated rings. The largest absolute Gasteiger partial charge is 0.481 e. The number of hydrazine groups is 1. The maximum atomic E-state index is 12.8. The van der Waals surface area contributed by atoms with Gasteiger partial charge < -0.3 is 5.11 Å². The van der Waals surface area contributed by atoms with Gasteiger partial charge in [0.15, 0.2) is 0 Å². The average Bonchev–Trinajstić information content (AvgIpc) is 3.34. The van der Waals surface area contributed by atoms with Gasteiger partial charge in [0.25, 0.3) is 5.91 Å². The van der Waals surface area contributed by atoms with Crippen LogP contribution in [-0.2, 0) is 21.4 Å². The van der Waals surface area contributed by atoms with Gasteiger partial charge in [0.05, 0.1) is 21.9 Å². The number of sulfonamides is 1. The molecule has 34 heavy (non-hydrogen) atoms. The highest BCUT2D eigenvalue weighted by atomic mass is 32.2. The molecule has 8 nitrogen and oxygen atoms in total. The first kappa shape index (κ1) is 25.2. The quantitative estimate of drug-likeness (QED) is 0.367. The number of nitrogens with one attached hydrogen (secondary N) is 2. The Labute approximate surface area is 202 Å². The van der Waals surface area contributed by atoms with Gasteiger partial charge in [0.1, 0.15) is 0 Å². The van der Waals surface area contributed by atoms with Gasteiger partial charge in [-0.15, -0.1) is 11.3 Å². The van der Waals surface area contributed by atoms with Crippen molar-refractivity contribution in [3.05, 3.63) is 93.7 Å². The van der Waals surface area contributed by atoms with Crippen LogP contribution in [0.2, 0.25) is 0 Å². The molecule has 178 valence electrons. The first-order chi connectivity index (χ1) is 16.2. The zero-order valence-corrected chi connectivity index (χ0v) is 20.3. The Kier molecular flexibility index (Phi) is 8.21. The predicted octanol–water partition coefficient (Wildman–Crippen LogP) is 3.63. The van der Waals surface area contributed by atoms with Crippen molar-refractivity contribution in [2.24, 2.45) is 0 Å². The monoisotopic (exact) mass is 499 g/mol. The molecular weight excluding hydrogens is 474 g/mol. The number of carboxylic acid groups (broad SMARTS) is 1. The zero-order chi connectivity index (χ0) is 24.7. The van der Waals surface area contributed by atoms with E-state index in [1.807, 2.05) is 24.4 Å². The fourth-order valence-corrected chi connectivity index (χ4v) is 4.91. The van der Waals surface area contributed by atoms with Crippen LogP contribution in [0.3, 0.4) is 0 Å². The number of rotatable bonds is 10. The van der Waals surface area contributed by atoms with Crippen LogP contribution < -0.4 is 10.9 Å². The Bertz CT molecular complexity index is 1270. The van der Waals surface area contributed by atoms with Crippen molar-refractivity contribution in [1.82, 2.24) is 15.2 Å². The lowest BCUT2D eigenvalue weighted by Gasteiger charge is -2.17. The third-order valence-corrected chi connectivity index (χ3v) is 7.65. The van der Waals surface area contributed by atoms with Crippen LogP contribution in [0, 0.1) is 6.92 Å². The molecule has 0 bridgehead atoms. The van der Waals surface area contributed by atoms with E-state index in [1.54, 1.807) is 48.5 Å². The Morgan fingerprint density at radius 3 is 2.29 bits per heavy atom. The number of aryl methyl sites for hydroxylation is 1. The molecule has 2 aromatic carbocycles. The summed E-state index contributed by atoms with van der Waals surface area (Å²) in [6.07, 6.45) is 1.30. The molecular formula is C24H25N3O5S2. The molecule has 0 spiro atoms. The molecule has 1 aromatic heterocycles. The van der Waals surface area contributed by atoms with E-state index in [0.29, 0.717) is 11.3 Å². The summed E-state index contributed by atoms with van der Waals surface area (Å²) in [6, 6.07) is 16.9. The minimum absolute atomic E-state index is 0.150. The molecule has 0 aliphatic rings. The molecule has 0 radical (unpaired) electrons. The lowest BCUT2D eigenvalue weighted by Crippen LogP contribution is -2.36. The van der Waals surface area contributed by atoms with E-state index in [9.17, 15) is 18.0 Å². The average molecular weight is 500 g/mol. The Morgan fingerprint density at radius 1 is 1.03 bits per heavy atom. The van der Waals surface area contributed by atoms with Gasteiger partial charge in [-0.25, -0.2) is 8.42 Å². The van der Waals surface area contributed by atoms with Crippen LogP contribution in [0.15, 0.2) is 77.0 Å². The van der Waals surface area contributed by atoms with Gasteiger partial charge >= 0.3 is 5.97 Å². The standard InChI is InChI=1S/C24H25N3O5S2/c1-17-5-11-20(12-6-17)34(31,32)27(2)16-18-7-9-19(10-8-18)24(30)26-25-21(13-14-23(28)29)22-4-3-15-33-22/h3-13,15,25H,14,16H2,1-2H3,(H,26,30)(H,28,29)/b21-13+. The number of benzene rings is 2. The van der Waals surface area contributed by atoms with E-state index in [-0.39, 0.29) is 17.9 Å². The van der Waals surface area contributed by atoms with Crippen LogP contribution in [0.25, 0.3) is 5.70 Å². The van der Waals surface area contributed by atoms with Crippen molar-refractivity contribution in [2.75, 3.05) is 7.05 Å². The molecule has 3 rings (SSSR count). The molecule has 0 saturated heterocycles. The van der Waals surface area contributed by atoms with Crippen molar-refractivity contribution in [3.63, 3.8) is 0 Å². The molecule has 0 aliphatic carbocycles. The summed E-state index contributed by atoms with van der Waals surface area (Å²) in [5.74, 6) is -1.39. The van der Waals surface area contributed by atoms with Crippen molar-refractivity contribution >= 4 is 38.9 Å². The zero-order valence-electron chi connectivity index (χ0n) is 18.7. The van der Waals surface area contributed by atoms with E-state index in [1.165, 1.54) is 28.8 Å². The molecule has 0 atom stereocenters. The smallest absolute Gasteiger partial charge is 0.307 e. The number of thiophene rings is 1. The van der Waals surface area contributed by atoms with Crippen LogP contribution in [-0.4, -0.2) is 36.8 Å². The van der Waals surface area contributed by atoms with Gasteiger partial charge in [-0.1, -0.05) is 35.9 Å². The highest BCUT2D eigenvalue weighted by Gasteiger charge is 2.20. The van der Waals surface area contributed by atoms with Crippen LogP contribution in [0.1, 0.15) is 32.8 Å². The number of carboxylic acids is 1. The lowest BCUT2D eigenvalue weighted by atomic mass is 10.1. The van der Waals surface area contributed by atoms with Crippen LogP contribution in [0.5, 0.6) is 0 Å². The van der Waals surface area contributed by atoms with Gasteiger partial charge in [-0.2, -0.15) is 4.31 Å². The number of carbonyl (C=O) groups is 2. The summed E-state index contributed by atoms with van der Waals surface area (Å²) in [5.41, 5.74) is 7.92. The molecule has 10 heteroatoms. The third-order valence-electron chi connectivity index (χ3n) is 4.93. The normalized spacial score (nSPS) is 11.9. The molecule has 3 aromatic rings. The summed E-state index contributed by atoms with van der Waals surface area (Å²) < 4.78 is 26.8. The van der Waals surface area contributed by atoms with Crippen LogP contribution >= 0.6 is 11.3 Å². The molecule has 0 saturated carbocycles. The second kappa shape index (κ2) is 11.1. The van der Waals surface area contributed by atoms with Gasteiger partial charge in [-0.3, -0.25) is 20.4 Å². The van der Waals surface area contributed by atoms with Crippen molar-refractivity contribution in [3.8, 4) is 0 Å². The topological polar surface area (TPSA) is 116 Å². The van der Waals surface area contributed by atoms with Crippen LogP contribution in [0.4, 0.5) is 0 Å². The summed E-state index contributed by atoms with van der Waals surface area (Å²) in [6.45, 7) is 2.04. The molecule has 1 amide bonds. The second-order valence-electron chi connectivity index (χ2n) is 7.54. The number of amides is 1. The van der Waals surface area contributed by atoms with Gasteiger partial charge in [0, 0.05) is 19.2 Å². The molecule has 1 heterocycles. The van der Waals surface area contributed by atoms with E-state index in [2.05, 4.69) is 10.9 Å². The highest BCUT2D eigenvalue weighted by Crippen LogP contribution is 2.19. The SMILES string of the molecule is Cc1ccc(S(=O)(=O)N(C)Cc2ccc(C(=O)NN/C(=C/CC(=O)O)c3cccs3)cc2)cc1. The van der Waals surface area contributed by atoms with E-state index >= 15 is 0 Å². The predicted molar refractivity (Wildman–Crippen MR) is 131 cm³/mol. The maximum absolute atomic E-state index is 12.8. The van der Waals surface area contributed by atoms with Gasteiger partial charge in [0.2, 0.25) is 10.0 Å². The summed E-state index contributed by atoms with van der Waals surface area (Å²) in [7, 11) is -2.13. The number of carbonyl (C=O) groups excluding carboxylic acids is 1. The minimum Gasteiger partial charge on any atom is -0.481 e.